The van der Waals surface area contributed by atoms with Crippen LogP contribution in [0.1, 0.15) is 17.5 Å². The predicted octanol–water partition coefficient (Wildman–Crippen LogP) is 2.93. The third-order valence-electron chi connectivity index (χ3n) is 4.56. The molecule has 0 bridgehead atoms. The van der Waals surface area contributed by atoms with Crippen LogP contribution in [-0.4, -0.2) is 40.7 Å². The molecule has 144 valence electrons. The molecule has 0 amide bonds. The van der Waals surface area contributed by atoms with E-state index in [0.29, 0.717) is 30.3 Å². The Morgan fingerprint density at radius 1 is 1.07 bits per heavy atom. The highest BCUT2D eigenvalue weighted by Gasteiger charge is 2.30. The number of hydrogen-bond acceptors (Lipinski definition) is 7. The molecular formula is C19H17F2N5O2. The molecule has 0 radical (unpaired) electrons. The summed E-state index contributed by atoms with van der Waals surface area (Å²) in [7, 11) is 2.83. The van der Waals surface area contributed by atoms with Crippen molar-refractivity contribution in [2.75, 3.05) is 25.7 Å². The Kier molecular flexibility index (Phi) is 4.82. The fourth-order valence-corrected chi connectivity index (χ4v) is 3.25. The van der Waals surface area contributed by atoms with E-state index in [-0.39, 0.29) is 5.75 Å². The number of nitrogens with zero attached hydrogens (tertiary/aromatic N) is 5. The van der Waals surface area contributed by atoms with Crippen LogP contribution in [-0.2, 0) is 11.2 Å². The van der Waals surface area contributed by atoms with Gasteiger partial charge in [0.25, 0.3) is 0 Å². The Labute approximate surface area is 160 Å². The molecule has 0 saturated heterocycles. The highest BCUT2D eigenvalue weighted by atomic mass is 19.2. The number of benzene rings is 1. The van der Waals surface area contributed by atoms with E-state index in [2.05, 4.69) is 19.9 Å². The second kappa shape index (κ2) is 7.43. The van der Waals surface area contributed by atoms with Crippen molar-refractivity contribution in [3.05, 3.63) is 59.7 Å². The van der Waals surface area contributed by atoms with E-state index >= 15 is 0 Å². The minimum absolute atomic E-state index is 0.163. The van der Waals surface area contributed by atoms with E-state index < -0.39 is 17.9 Å². The van der Waals surface area contributed by atoms with E-state index in [1.807, 2.05) is 4.90 Å². The molecule has 4 rings (SSSR count). The Hall–Kier alpha value is -3.20. The molecule has 0 spiro atoms. The Morgan fingerprint density at radius 2 is 1.86 bits per heavy atom. The average molecular weight is 385 g/mol. The van der Waals surface area contributed by atoms with Crippen LogP contribution in [0, 0.1) is 11.6 Å². The molecule has 0 fully saturated rings. The molecular weight excluding hydrogens is 368 g/mol. The van der Waals surface area contributed by atoms with Crippen molar-refractivity contribution in [3.8, 4) is 17.4 Å². The lowest BCUT2D eigenvalue weighted by Gasteiger charge is -2.37. The molecule has 1 aromatic carbocycles. The van der Waals surface area contributed by atoms with Crippen LogP contribution in [0.5, 0.6) is 5.75 Å². The summed E-state index contributed by atoms with van der Waals surface area (Å²) >= 11 is 0. The molecule has 7 nitrogen and oxygen atoms in total. The predicted molar refractivity (Wildman–Crippen MR) is 96.8 cm³/mol. The minimum atomic E-state index is -1.02. The highest BCUT2D eigenvalue weighted by Crippen LogP contribution is 2.36. The number of rotatable bonds is 4. The number of ether oxygens (including phenoxy) is 2. The van der Waals surface area contributed by atoms with Gasteiger partial charge in [0.1, 0.15) is 0 Å². The molecule has 1 aliphatic rings. The number of anilines is 1. The number of methoxy groups -OCH3 is 2. The third kappa shape index (κ3) is 3.13. The first-order chi connectivity index (χ1) is 13.6. The van der Waals surface area contributed by atoms with Gasteiger partial charge in [-0.25, -0.2) is 24.3 Å². The maximum absolute atomic E-state index is 14.0. The molecule has 1 aliphatic heterocycles. The lowest BCUT2D eigenvalue weighted by molar-refractivity contribution is 0.0932. The molecule has 9 heteroatoms. The highest BCUT2D eigenvalue weighted by molar-refractivity contribution is 5.55. The monoisotopic (exact) mass is 385 g/mol. The third-order valence-corrected chi connectivity index (χ3v) is 4.56. The van der Waals surface area contributed by atoms with Gasteiger partial charge >= 0.3 is 0 Å². The van der Waals surface area contributed by atoms with Crippen molar-refractivity contribution in [1.29, 1.82) is 0 Å². The zero-order valence-electron chi connectivity index (χ0n) is 15.3. The van der Waals surface area contributed by atoms with Gasteiger partial charge in [0.05, 0.1) is 12.8 Å². The van der Waals surface area contributed by atoms with E-state index in [0.717, 1.165) is 17.3 Å². The first kappa shape index (κ1) is 18.2. The molecule has 1 atom stereocenters. The summed E-state index contributed by atoms with van der Waals surface area (Å²) in [6.07, 6.45) is 4.93. The fourth-order valence-electron chi connectivity index (χ4n) is 3.25. The first-order valence-electron chi connectivity index (χ1n) is 8.58. The van der Waals surface area contributed by atoms with Gasteiger partial charge < -0.3 is 14.4 Å². The second-order valence-corrected chi connectivity index (χ2v) is 6.14. The van der Waals surface area contributed by atoms with Crippen molar-refractivity contribution in [1.82, 2.24) is 19.9 Å². The van der Waals surface area contributed by atoms with Crippen LogP contribution in [0.25, 0.3) is 11.6 Å². The molecule has 1 unspecified atom stereocenters. The molecule has 2 aromatic heterocycles. The molecule has 0 aliphatic carbocycles. The summed E-state index contributed by atoms with van der Waals surface area (Å²) in [5.74, 6) is -1.30. The SMILES string of the molecule is COc1cc(N2CCc3nc(-c4ncccn4)ncc3C2OC)cc(F)c1F. The van der Waals surface area contributed by atoms with Crippen molar-refractivity contribution in [3.63, 3.8) is 0 Å². The normalized spacial score (nSPS) is 16.0. The zero-order valence-corrected chi connectivity index (χ0v) is 15.3. The van der Waals surface area contributed by atoms with Crippen LogP contribution < -0.4 is 9.64 Å². The van der Waals surface area contributed by atoms with Crippen molar-refractivity contribution < 1.29 is 18.3 Å². The van der Waals surface area contributed by atoms with Crippen molar-refractivity contribution in [2.45, 2.75) is 12.6 Å². The molecule has 3 heterocycles. The van der Waals surface area contributed by atoms with E-state index in [1.54, 1.807) is 24.7 Å². The Morgan fingerprint density at radius 3 is 2.57 bits per heavy atom. The minimum Gasteiger partial charge on any atom is -0.493 e. The van der Waals surface area contributed by atoms with Gasteiger partial charge in [0.2, 0.25) is 5.82 Å². The summed E-state index contributed by atoms with van der Waals surface area (Å²) in [4.78, 5) is 19.1. The van der Waals surface area contributed by atoms with Crippen LogP contribution in [0.15, 0.2) is 36.8 Å². The smallest absolute Gasteiger partial charge is 0.200 e. The van der Waals surface area contributed by atoms with Gasteiger partial charge in [-0.15, -0.1) is 0 Å². The quantitative estimate of drug-likeness (QED) is 0.684. The number of halogens is 2. The Bertz CT molecular complexity index is 1000. The summed E-state index contributed by atoms with van der Waals surface area (Å²) in [6, 6.07) is 4.29. The van der Waals surface area contributed by atoms with Gasteiger partial charge in [0, 0.05) is 62.0 Å². The maximum atomic E-state index is 14.0. The summed E-state index contributed by atoms with van der Waals surface area (Å²) in [6.45, 7) is 0.492. The van der Waals surface area contributed by atoms with Crippen LogP contribution in [0.3, 0.4) is 0 Å². The standard InChI is InChI=1S/C19H17F2N5O2/c1-27-15-9-11(8-13(20)16(15)21)26-7-4-14-12(19(26)28-2)10-24-18(25-14)17-22-5-3-6-23-17/h3,5-6,8-10,19H,4,7H2,1-2H3. The summed E-state index contributed by atoms with van der Waals surface area (Å²) < 4.78 is 38.4. The van der Waals surface area contributed by atoms with Gasteiger partial charge in [-0.2, -0.15) is 4.39 Å². The van der Waals surface area contributed by atoms with Crippen LogP contribution >= 0.6 is 0 Å². The van der Waals surface area contributed by atoms with E-state index in [1.165, 1.54) is 20.3 Å². The fraction of sp³-hybridized carbons (Fsp3) is 0.263. The van der Waals surface area contributed by atoms with Gasteiger partial charge in [-0.1, -0.05) is 0 Å². The summed E-state index contributed by atoms with van der Waals surface area (Å²) in [5, 5.41) is 0. The number of aromatic nitrogens is 4. The molecule has 0 saturated carbocycles. The maximum Gasteiger partial charge on any atom is 0.200 e. The van der Waals surface area contributed by atoms with Gasteiger partial charge in [-0.3, -0.25) is 0 Å². The molecule has 0 N–H and O–H groups in total. The zero-order chi connectivity index (χ0) is 19.7. The Balaban J connectivity index is 1.71. The average Bonchev–Trinajstić information content (AvgIpc) is 2.75. The molecule has 3 aromatic rings. The molecule has 28 heavy (non-hydrogen) atoms. The first-order valence-corrected chi connectivity index (χ1v) is 8.58. The van der Waals surface area contributed by atoms with Crippen LogP contribution in [0.2, 0.25) is 0 Å². The lowest BCUT2D eigenvalue weighted by atomic mass is 10.0. The van der Waals surface area contributed by atoms with Crippen molar-refractivity contribution in [2.24, 2.45) is 0 Å². The van der Waals surface area contributed by atoms with Crippen molar-refractivity contribution >= 4 is 5.69 Å². The largest absolute Gasteiger partial charge is 0.493 e. The lowest BCUT2D eigenvalue weighted by Crippen LogP contribution is -2.37. The second-order valence-electron chi connectivity index (χ2n) is 6.14. The topological polar surface area (TPSA) is 73.3 Å². The number of hydrogen-bond donors (Lipinski definition) is 0. The van der Waals surface area contributed by atoms with Gasteiger partial charge in [-0.05, 0) is 6.07 Å². The van der Waals surface area contributed by atoms with Gasteiger partial charge in [0.15, 0.2) is 29.4 Å². The van der Waals surface area contributed by atoms with E-state index in [4.69, 9.17) is 9.47 Å². The number of fused-ring (bicyclic) bond motifs is 1. The van der Waals surface area contributed by atoms with Crippen LogP contribution in [0.4, 0.5) is 14.5 Å². The van der Waals surface area contributed by atoms with E-state index in [9.17, 15) is 8.78 Å². The summed E-state index contributed by atoms with van der Waals surface area (Å²) in [5.41, 5.74) is 2.00.